The third-order valence-corrected chi connectivity index (χ3v) is 3.65. The average Bonchev–Trinajstić information content (AvgIpc) is 2.99. The first-order valence-corrected chi connectivity index (χ1v) is 6.48. The summed E-state index contributed by atoms with van der Waals surface area (Å²) in [5, 5.41) is 20.0. The molecule has 0 amide bonds. The highest BCUT2D eigenvalue weighted by atomic mass is 16.5. The van der Waals surface area contributed by atoms with Crippen molar-refractivity contribution in [2.45, 2.75) is 38.2 Å². The Kier molecular flexibility index (Phi) is 3.22. The highest BCUT2D eigenvalue weighted by molar-refractivity contribution is 5.79. The molecule has 3 heterocycles. The molecule has 0 unspecified atom stereocenters. The Labute approximate surface area is 110 Å². The molecule has 102 valence electrons. The van der Waals surface area contributed by atoms with Crippen LogP contribution < -0.4 is 0 Å². The number of fused-ring (bicyclic) bond motifs is 1. The van der Waals surface area contributed by atoms with Crippen LogP contribution in [0.15, 0.2) is 18.7 Å². The standard InChI is InChI=1S/C13H17N3O3/c1-2-8-5-16(13-9(8)4-14-7-15-13)12-3-10(18)11(6-17)19-12/h4-5,7,10-12,17-18H,2-3,6H2,1H3/t10-,11+,12+/m0/s1. The van der Waals surface area contributed by atoms with Gasteiger partial charge in [0.05, 0.1) is 12.7 Å². The Balaban J connectivity index is 2.02. The number of hydrogen-bond acceptors (Lipinski definition) is 5. The van der Waals surface area contributed by atoms with Crippen LogP contribution in [0.1, 0.15) is 25.1 Å². The molecule has 3 atom stereocenters. The Morgan fingerprint density at radius 2 is 2.37 bits per heavy atom. The molecule has 0 radical (unpaired) electrons. The molecule has 1 aliphatic rings. The zero-order valence-electron chi connectivity index (χ0n) is 10.7. The van der Waals surface area contributed by atoms with Gasteiger partial charge in [0, 0.05) is 24.2 Å². The molecule has 2 aromatic rings. The van der Waals surface area contributed by atoms with Gasteiger partial charge in [-0.2, -0.15) is 0 Å². The van der Waals surface area contributed by atoms with Crippen LogP contribution in [0.4, 0.5) is 0 Å². The van der Waals surface area contributed by atoms with Crippen LogP contribution in [0.2, 0.25) is 0 Å². The number of aryl methyl sites for hydroxylation is 1. The van der Waals surface area contributed by atoms with Gasteiger partial charge in [0.2, 0.25) is 0 Å². The van der Waals surface area contributed by atoms with Crippen molar-refractivity contribution in [2.75, 3.05) is 6.61 Å². The van der Waals surface area contributed by atoms with Crippen molar-refractivity contribution in [3.63, 3.8) is 0 Å². The predicted octanol–water partition coefficient (Wildman–Crippen LogP) is 0.634. The molecule has 1 aliphatic heterocycles. The molecule has 19 heavy (non-hydrogen) atoms. The number of aromatic nitrogens is 3. The van der Waals surface area contributed by atoms with E-state index in [1.165, 1.54) is 6.33 Å². The molecule has 3 rings (SSSR count). The van der Waals surface area contributed by atoms with Gasteiger partial charge in [0.25, 0.3) is 0 Å². The Bertz CT molecular complexity index is 584. The lowest BCUT2D eigenvalue weighted by Gasteiger charge is -2.14. The summed E-state index contributed by atoms with van der Waals surface area (Å²) in [6, 6.07) is 0. The zero-order chi connectivity index (χ0) is 13.4. The van der Waals surface area contributed by atoms with Crippen LogP contribution in [0.25, 0.3) is 11.0 Å². The summed E-state index contributed by atoms with van der Waals surface area (Å²) in [4.78, 5) is 8.35. The molecular weight excluding hydrogens is 246 g/mol. The average molecular weight is 263 g/mol. The first kappa shape index (κ1) is 12.5. The maximum atomic E-state index is 9.83. The minimum Gasteiger partial charge on any atom is -0.394 e. The van der Waals surface area contributed by atoms with Crippen molar-refractivity contribution in [2.24, 2.45) is 0 Å². The molecule has 2 N–H and O–H groups in total. The number of rotatable bonds is 3. The number of ether oxygens (including phenoxy) is 1. The molecule has 6 heteroatoms. The van der Waals surface area contributed by atoms with Crippen LogP contribution in [0.3, 0.4) is 0 Å². The van der Waals surface area contributed by atoms with E-state index in [0.29, 0.717) is 6.42 Å². The van der Waals surface area contributed by atoms with E-state index >= 15 is 0 Å². The van der Waals surface area contributed by atoms with Crippen molar-refractivity contribution in [1.82, 2.24) is 14.5 Å². The van der Waals surface area contributed by atoms with Gasteiger partial charge in [-0.15, -0.1) is 0 Å². The molecule has 0 spiro atoms. The summed E-state index contributed by atoms with van der Waals surface area (Å²) in [5.74, 6) is 0. The fourth-order valence-corrected chi connectivity index (χ4v) is 2.61. The molecule has 1 saturated heterocycles. The highest BCUT2D eigenvalue weighted by Crippen LogP contribution is 2.32. The fraction of sp³-hybridized carbons (Fsp3) is 0.538. The van der Waals surface area contributed by atoms with Gasteiger partial charge >= 0.3 is 0 Å². The van der Waals surface area contributed by atoms with Gasteiger partial charge in [-0.05, 0) is 12.0 Å². The maximum absolute atomic E-state index is 9.83. The van der Waals surface area contributed by atoms with Crippen molar-refractivity contribution in [1.29, 1.82) is 0 Å². The highest BCUT2D eigenvalue weighted by Gasteiger charge is 2.35. The molecule has 0 bridgehead atoms. The van der Waals surface area contributed by atoms with Crippen LogP contribution in [-0.4, -0.2) is 43.6 Å². The van der Waals surface area contributed by atoms with Crippen molar-refractivity contribution >= 4 is 11.0 Å². The Morgan fingerprint density at radius 3 is 3.05 bits per heavy atom. The van der Waals surface area contributed by atoms with Crippen LogP contribution in [0, 0.1) is 0 Å². The van der Waals surface area contributed by atoms with Crippen molar-refractivity contribution in [3.05, 3.63) is 24.3 Å². The van der Waals surface area contributed by atoms with E-state index in [2.05, 4.69) is 16.9 Å². The summed E-state index contributed by atoms with van der Waals surface area (Å²) in [6.45, 7) is 1.90. The predicted molar refractivity (Wildman–Crippen MR) is 68.5 cm³/mol. The van der Waals surface area contributed by atoms with Crippen molar-refractivity contribution in [3.8, 4) is 0 Å². The van der Waals surface area contributed by atoms with E-state index in [1.54, 1.807) is 6.20 Å². The zero-order valence-corrected chi connectivity index (χ0v) is 10.7. The Morgan fingerprint density at radius 1 is 1.53 bits per heavy atom. The smallest absolute Gasteiger partial charge is 0.145 e. The van der Waals surface area contributed by atoms with E-state index < -0.39 is 12.2 Å². The van der Waals surface area contributed by atoms with Gasteiger partial charge in [0.1, 0.15) is 24.3 Å². The minimum atomic E-state index is -0.639. The number of aliphatic hydroxyl groups excluding tert-OH is 2. The lowest BCUT2D eigenvalue weighted by atomic mass is 10.2. The SMILES string of the molecule is CCc1cn([C@H]2C[C@H](O)[C@@H](CO)O2)c2ncncc12. The number of nitrogens with zero attached hydrogens (tertiary/aromatic N) is 3. The maximum Gasteiger partial charge on any atom is 0.145 e. The summed E-state index contributed by atoms with van der Waals surface area (Å²) >= 11 is 0. The van der Waals surface area contributed by atoms with E-state index in [1.807, 2.05) is 10.8 Å². The van der Waals surface area contributed by atoms with Gasteiger partial charge < -0.3 is 19.5 Å². The fourth-order valence-electron chi connectivity index (χ4n) is 2.61. The van der Waals surface area contributed by atoms with E-state index in [0.717, 1.165) is 23.0 Å². The summed E-state index contributed by atoms with van der Waals surface area (Å²) in [5.41, 5.74) is 1.96. The minimum absolute atomic E-state index is 0.174. The number of hydrogen-bond donors (Lipinski definition) is 2. The molecule has 0 saturated carbocycles. The monoisotopic (exact) mass is 263 g/mol. The molecule has 1 fully saturated rings. The molecule has 6 nitrogen and oxygen atoms in total. The topological polar surface area (TPSA) is 80.4 Å². The van der Waals surface area contributed by atoms with Gasteiger partial charge in [-0.25, -0.2) is 9.97 Å². The summed E-state index contributed by atoms with van der Waals surface area (Å²) in [6.07, 6.45) is 5.20. The van der Waals surface area contributed by atoms with Gasteiger partial charge in [-0.1, -0.05) is 6.92 Å². The Hall–Kier alpha value is -1.50. The number of aliphatic hydroxyl groups is 2. The van der Waals surface area contributed by atoms with Gasteiger partial charge in [-0.3, -0.25) is 0 Å². The largest absolute Gasteiger partial charge is 0.394 e. The molecule has 2 aromatic heterocycles. The second-order valence-corrected chi connectivity index (χ2v) is 4.79. The molecule has 0 aromatic carbocycles. The summed E-state index contributed by atoms with van der Waals surface area (Å²) in [7, 11) is 0. The van der Waals surface area contributed by atoms with Crippen LogP contribution in [-0.2, 0) is 11.2 Å². The third kappa shape index (κ3) is 2.01. The lowest BCUT2D eigenvalue weighted by Crippen LogP contribution is -2.24. The third-order valence-electron chi connectivity index (χ3n) is 3.65. The second kappa shape index (κ2) is 4.88. The van der Waals surface area contributed by atoms with Gasteiger partial charge in [0.15, 0.2) is 0 Å². The van der Waals surface area contributed by atoms with E-state index in [9.17, 15) is 5.11 Å². The molecular formula is C13H17N3O3. The first-order valence-electron chi connectivity index (χ1n) is 6.48. The quantitative estimate of drug-likeness (QED) is 0.849. The van der Waals surface area contributed by atoms with Crippen molar-refractivity contribution < 1.29 is 14.9 Å². The first-order chi connectivity index (χ1) is 9.24. The second-order valence-electron chi connectivity index (χ2n) is 4.79. The normalized spacial score (nSPS) is 27.2. The van der Waals surface area contributed by atoms with Crippen LogP contribution in [0.5, 0.6) is 0 Å². The summed E-state index contributed by atoms with van der Waals surface area (Å²) < 4.78 is 7.60. The van der Waals surface area contributed by atoms with E-state index in [-0.39, 0.29) is 12.8 Å². The lowest BCUT2D eigenvalue weighted by molar-refractivity contribution is -0.0430. The molecule has 0 aliphatic carbocycles. The van der Waals surface area contributed by atoms with Crippen LogP contribution >= 0.6 is 0 Å². The van der Waals surface area contributed by atoms with E-state index in [4.69, 9.17) is 9.84 Å².